The monoisotopic (exact) mass is 520 g/mol. The van der Waals surface area contributed by atoms with E-state index in [0.717, 1.165) is 15.5 Å². The van der Waals surface area contributed by atoms with Crippen LogP contribution in [-0.2, 0) is 23.8 Å². The fourth-order valence-electron chi connectivity index (χ4n) is 1.28. The minimum absolute atomic E-state index is 0. The summed E-state index contributed by atoms with van der Waals surface area (Å²) >= 11 is 5.57. The smallest absolute Gasteiger partial charge is 0.297 e. The molecule has 0 bridgehead atoms. The second-order valence-corrected chi connectivity index (χ2v) is 9.07. The van der Waals surface area contributed by atoms with E-state index in [0.29, 0.717) is 6.61 Å². The Kier molecular flexibility index (Phi) is 7.50. The highest BCUT2D eigenvalue weighted by Crippen LogP contribution is 2.28. The van der Waals surface area contributed by atoms with Crippen LogP contribution < -0.4 is 0 Å². The maximum absolute atomic E-state index is 11.7. The normalized spacial score (nSPS) is 28.2. The Bertz CT molecular complexity index is 609. The summed E-state index contributed by atoms with van der Waals surface area (Å²) in [7, 11) is -3.67. The van der Waals surface area contributed by atoms with Gasteiger partial charge in [-0.25, -0.2) is 0 Å². The quantitative estimate of drug-likeness (QED) is 0.256. The molecule has 0 aliphatic carbocycles. The first-order valence-electron chi connectivity index (χ1n) is 6.67. The van der Waals surface area contributed by atoms with Gasteiger partial charge in [-0.05, 0) is 38.1 Å². The van der Waals surface area contributed by atoms with Gasteiger partial charge >= 0.3 is 0 Å². The average molecular weight is 521 g/mol. The summed E-state index contributed by atoms with van der Waals surface area (Å²) in [6.07, 6.45) is 0. The number of epoxide rings is 2. The van der Waals surface area contributed by atoms with Crippen LogP contribution in [0.25, 0.3) is 0 Å². The average Bonchev–Trinajstić information content (AvgIpc) is 3.39. The first-order valence-corrected chi connectivity index (χ1v) is 10.4. The van der Waals surface area contributed by atoms with Gasteiger partial charge in [0.2, 0.25) is 0 Å². The molecule has 2 aliphatic heterocycles. The summed E-state index contributed by atoms with van der Waals surface area (Å²) in [5.41, 5.74) is -0.150. The predicted molar refractivity (Wildman–Crippen MR) is 102 cm³/mol. The molecule has 2 fully saturated rings. The molecule has 23 heavy (non-hydrogen) atoms. The lowest BCUT2D eigenvalue weighted by atomic mass is 10.2. The van der Waals surface area contributed by atoms with E-state index in [1.165, 1.54) is 12.1 Å². The van der Waals surface area contributed by atoms with E-state index in [9.17, 15) is 8.42 Å². The number of halogens is 2. The maximum atomic E-state index is 11.7. The third-order valence-corrected chi connectivity index (χ3v) is 6.60. The van der Waals surface area contributed by atoms with Gasteiger partial charge in [0.05, 0.1) is 30.3 Å². The SMILES string of the molecule is C.C[C@]1(CI)CO1.C[C@]1(COS(=O)(=O)c2ccc(Br)cc2)CO1. The molecule has 3 rings (SSSR count). The highest BCUT2D eigenvalue weighted by Gasteiger charge is 2.41. The lowest BCUT2D eigenvalue weighted by Crippen LogP contribution is -2.18. The van der Waals surface area contributed by atoms with Crippen molar-refractivity contribution in [2.75, 3.05) is 24.2 Å². The van der Waals surface area contributed by atoms with Crippen molar-refractivity contribution in [3.05, 3.63) is 28.7 Å². The molecule has 0 spiro atoms. The van der Waals surface area contributed by atoms with Crippen LogP contribution in [0.1, 0.15) is 21.3 Å². The summed E-state index contributed by atoms with van der Waals surface area (Å²) in [6, 6.07) is 6.31. The fourth-order valence-corrected chi connectivity index (χ4v) is 2.99. The predicted octanol–water partition coefficient (Wildman–Crippen LogP) is 3.79. The molecular formula is C15H22BrIO5S. The number of ether oxygens (including phenoxy) is 2. The first kappa shape index (κ1) is 21.3. The Balaban J connectivity index is 0.000000320. The zero-order chi connectivity index (χ0) is 16.4. The van der Waals surface area contributed by atoms with Crippen LogP contribution in [-0.4, -0.2) is 43.9 Å². The summed E-state index contributed by atoms with van der Waals surface area (Å²) in [4.78, 5) is 0.153. The molecule has 0 unspecified atom stereocenters. The molecule has 1 aromatic carbocycles. The number of hydrogen-bond acceptors (Lipinski definition) is 5. The van der Waals surface area contributed by atoms with Crippen LogP contribution in [0, 0.1) is 0 Å². The minimum Gasteiger partial charge on any atom is -0.369 e. The minimum atomic E-state index is -3.67. The summed E-state index contributed by atoms with van der Waals surface area (Å²) < 4.78 is 40.4. The number of alkyl halides is 1. The number of rotatable bonds is 5. The van der Waals surface area contributed by atoms with Gasteiger partial charge in [0.25, 0.3) is 10.1 Å². The number of hydrogen-bond donors (Lipinski definition) is 0. The Morgan fingerprint density at radius 1 is 1.17 bits per heavy atom. The van der Waals surface area contributed by atoms with Crippen LogP contribution >= 0.6 is 38.5 Å². The molecular weight excluding hydrogens is 499 g/mol. The van der Waals surface area contributed by atoms with Gasteiger partial charge in [0, 0.05) is 8.90 Å². The van der Waals surface area contributed by atoms with Gasteiger partial charge in [0.1, 0.15) is 5.60 Å². The van der Waals surface area contributed by atoms with Crippen LogP contribution in [0.3, 0.4) is 0 Å². The molecule has 2 atom stereocenters. The van der Waals surface area contributed by atoms with Crippen molar-refractivity contribution in [1.82, 2.24) is 0 Å². The molecule has 8 heteroatoms. The van der Waals surface area contributed by atoms with E-state index in [4.69, 9.17) is 13.7 Å². The molecule has 2 heterocycles. The third kappa shape index (κ3) is 6.95. The third-order valence-electron chi connectivity index (χ3n) is 3.18. The van der Waals surface area contributed by atoms with E-state index in [1.54, 1.807) is 12.1 Å². The van der Waals surface area contributed by atoms with Gasteiger partial charge in [-0.2, -0.15) is 8.42 Å². The molecule has 0 N–H and O–H groups in total. The van der Waals surface area contributed by atoms with Gasteiger partial charge in [0.15, 0.2) is 0 Å². The van der Waals surface area contributed by atoms with Crippen LogP contribution in [0.4, 0.5) is 0 Å². The van der Waals surface area contributed by atoms with Crippen LogP contribution in [0.15, 0.2) is 33.6 Å². The van der Waals surface area contributed by atoms with Gasteiger partial charge in [-0.15, -0.1) is 0 Å². The molecule has 2 saturated heterocycles. The van der Waals surface area contributed by atoms with E-state index in [1.807, 2.05) is 6.92 Å². The Morgan fingerprint density at radius 3 is 2.00 bits per heavy atom. The summed E-state index contributed by atoms with van der Waals surface area (Å²) in [5.74, 6) is 0. The second-order valence-electron chi connectivity index (χ2n) is 5.78. The maximum Gasteiger partial charge on any atom is 0.297 e. The topological polar surface area (TPSA) is 68.4 Å². The number of benzene rings is 1. The molecule has 5 nitrogen and oxygen atoms in total. The van der Waals surface area contributed by atoms with Crippen molar-refractivity contribution in [3.8, 4) is 0 Å². The van der Waals surface area contributed by atoms with Gasteiger partial charge in [-0.1, -0.05) is 45.9 Å². The van der Waals surface area contributed by atoms with E-state index in [2.05, 4.69) is 45.4 Å². The van der Waals surface area contributed by atoms with Gasteiger partial charge < -0.3 is 9.47 Å². The molecule has 132 valence electrons. The van der Waals surface area contributed by atoms with E-state index >= 15 is 0 Å². The molecule has 0 radical (unpaired) electrons. The van der Waals surface area contributed by atoms with E-state index in [-0.39, 0.29) is 24.5 Å². The van der Waals surface area contributed by atoms with Crippen molar-refractivity contribution in [2.24, 2.45) is 0 Å². The second kappa shape index (κ2) is 8.09. The van der Waals surface area contributed by atoms with Crippen molar-refractivity contribution < 1.29 is 22.1 Å². The van der Waals surface area contributed by atoms with Crippen molar-refractivity contribution in [2.45, 2.75) is 37.4 Å². The Hall–Kier alpha value is 0.260. The zero-order valence-corrected chi connectivity index (χ0v) is 16.9. The largest absolute Gasteiger partial charge is 0.369 e. The van der Waals surface area contributed by atoms with Crippen LogP contribution in [0.5, 0.6) is 0 Å². The summed E-state index contributed by atoms with van der Waals surface area (Å²) in [5, 5.41) is 0. The van der Waals surface area contributed by atoms with Gasteiger partial charge in [-0.3, -0.25) is 4.18 Å². The Morgan fingerprint density at radius 2 is 1.65 bits per heavy atom. The molecule has 2 aliphatic rings. The van der Waals surface area contributed by atoms with Crippen molar-refractivity contribution in [3.63, 3.8) is 0 Å². The zero-order valence-electron chi connectivity index (χ0n) is 12.3. The lowest BCUT2D eigenvalue weighted by molar-refractivity contribution is 0.207. The molecule has 0 amide bonds. The van der Waals surface area contributed by atoms with E-state index < -0.39 is 15.7 Å². The van der Waals surface area contributed by atoms with Crippen molar-refractivity contribution >= 4 is 48.6 Å². The lowest BCUT2D eigenvalue weighted by Gasteiger charge is -2.07. The molecule has 0 saturated carbocycles. The first-order chi connectivity index (χ1) is 10.2. The standard InChI is InChI=1S/C10H11BrO4S.C4H7IO.CH4/c1-10(6-14-10)7-15-16(12,13)9-4-2-8(11)3-5-9;1-4(2-5)3-6-4;/h2-5H,6-7H2,1H3;2-3H2,1H3;1H4/t10-;4-;/m10./s1. The molecule has 0 aromatic heterocycles. The fraction of sp³-hybridized carbons (Fsp3) is 0.600. The van der Waals surface area contributed by atoms with Crippen molar-refractivity contribution in [1.29, 1.82) is 0 Å². The Labute approximate surface area is 160 Å². The highest BCUT2D eigenvalue weighted by molar-refractivity contribution is 14.1. The summed E-state index contributed by atoms with van der Waals surface area (Å²) in [6.45, 7) is 5.51. The molecule has 1 aromatic rings. The highest BCUT2D eigenvalue weighted by atomic mass is 127. The van der Waals surface area contributed by atoms with Crippen LogP contribution in [0.2, 0.25) is 0 Å².